The molecule has 2 nitrogen and oxygen atoms in total. The van der Waals surface area contributed by atoms with Crippen molar-refractivity contribution in [1.82, 2.24) is 9.97 Å². The topological polar surface area (TPSA) is 25.8 Å². The van der Waals surface area contributed by atoms with Crippen molar-refractivity contribution < 1.29 is 0 Å². The maximum atomic E-state index is 4.25. The maximum absolute atomic E-state index is 4.25. The summed E-state index contributed by atoms with van der Waals surface area (Å²) in [5.74, 6) is 0. The highest BCUT2D eigenvalue weighted by molar-refractivity contribution is 5.88. The van der Waals surface area contributed by atoms with E-state index in [-0.39, 0.29) is 5.41 Å². The minimum atomic E-state index is 0.0406. The summed E-state index contributed by atoms with van der Waals surface area (Å²) in [4.78, 5) is 8.48. The van der Waals surface area contributed by atoms with Gasteiger partial charge in [-0.1, -0.05) is 183 Å². The van der Waals surface area contributed by atoms with Crippen LogP contribution in [-0.4, -0.2) is 9.97 Å². The van der Waals surface area contributed by atoms with Crippen molar-refractivity contribution in [2.75, 3.05) is 0 Å². The fourth-order valence-electron chi connectivity index (χ4n) is 9.20. The van der Waals surface area contributed by atoms with Crippen LogP contribution in [0.1, 0.15) is 174 Å². The van der Waals surface area contributed by atoms with E-state index in [4.69, 9.17) is 0 Å². The number of unbranched alkanes of at least 4 members (excludes halogenated alkanes) is 14. The lowest BCUT2D eigenvalue weighted by Crippen LogP contribution is -2.25. The largest absolute Gasteiger partial charge is 0.265 e. The SMILES string of the molecule is CCCCCCCCCCC1(CCCCCCCCCC)c2cc(C)ccc2-c2ccc(-c3cc(/C=C/c4ccncc4)c(C)cc3/C=C/c3ccncc3)cc21. The van der Waals surface area contributed by atoms with E-state index in [0.717, 1.165) is 11.1 Å². The van der Waals surface area contributed by atoms with Gasteiger partial charge >= 0.3 is 0 Å². The lowest BCUT2D eigenvalue weighted by molar-refractivity contribution is 0.397. The summed E-state index contributed by atoms with van der Waals surface area (Å²) in [6.45, 7) is 9.16. The molecule has 0 unspecified atom stereocenters. The molecule has 0 aliphatic heterocycles. The minimum absolute atomic E-state index is 0.0406. The van der Waals surface area contributed by atoms with E-state index in [1.54, 1.807) is 11.1 Å². The minimum Gasteiger partial charge on any atom is -0.265 e. The molecule has 0 amide bonds. The smallest absolute Gasteiger partial charge is 0.0273 e. The van der Waals surface area contributed by atoms with E-state index in [1.165, 1.54) is 160 Å². The third-order valence-corrected chi connectivity index (χ3v) is 12.5. The molecule has 0 N–H and O–H groups in total. The van der Waals surface area contributed by atoms with Gasteiger partial charge in [0.15, 0.2) is 0 Å². The molecule has 1 aliphatic carbocycles. The Morgan fingerprint density at radius 1 is 0.439 bits per heavy atom. The molecule has 3 aromatic carbocycles. The van der Waals surface area contributed by atoms with Gasteiger partial charge in [0, 0.05) is 30.2 Å². The maximum Gasteiger partial charge on any atom is 0.0273 e. The predicted octanol–water partition coefficient (Wildman–Crippen LogP) is 16.4. The summed E-state index contributed by atoms with van der Waals surface area (Å²) in [6.07, 6.45) is 40.6. The Hall–Kier alpha value is -4.56. The lowest BCUT2D eigenvalue weighted by atomic mass is 9.70. The molecule has 2 heteroatoms. The summed E-state index contributed by atoms with van der Waals surface area (Å²) in [5, 5.41) is 0. The number of pyridine rings is 2. The Kier molecular flexibility index (Phi) is 16.1. The van der Waals surface area contributed by atoms with Crippen molar-refractivity contribution in [3.8, 4) is 22.3 Å². The van der Waals surface area contributed by atoms with E-state index in [0.29, 0.717) is 0 Å². The number of fused-ring (bicyclic) bond motifs is 3. The Morgan fingerprint density at radius 3 is 1.46 bits per heavy atom. The Bertz CT molecular complexity index is 2020. The molecule has 1 aliphatic rings. The highest BCUT2D eigenvalue weighted by Crippen LogP contribution is 2.55. The van der Waals surface area contributed by atoms with Gasteiger partial charge in [-0.15, -0.1) is 0 Å². The van der Waals surface area contributed by atoms with Gasteiger partial charge in [-0.05, 0) is 124 Å². The van der Waals surface area contributed by atoms with E-state index < -0.39 is 0 Å². The van der Waals surface area contributed by atoms with Gasteiger partial charge in [-0.25, -0.2) is 0 Å². The van der Waals surface area contributed by atoms with Gasteiger partial charge in [0.1, 0.15) is 0 Å². The van der Waals surface area contributed by atoms with Crippen LogP contribution in [0.4, 0.5) is 0 Å². The molecule has 0 atom stereocenters. The molecule has 5 aromatic rings. The number of benzene rings is 3. The van der Waals surface area contributed by atoms with Gasteiger partial charge in [-0.2, -0.15) is 0 Å². The first-order chi connectivity index (χ1) is 28.0. The zero-order valence-corrected chi connectivity index (χ0v) is 35.7. The molecule has 2 aromatic heterocycles. The van der Waals surface area contributed by atoms with Crippen molar-refractivity contribution in [3.05, 3.63) is 142 Å². The van der Waals surface area contributed by atoms with Gasteiger partial charge in [-0.3, -0.25) is 9.97 Å². The van der Waals surface area contributed by atoms with Crippen molar-refractivity contribution in [1.29, 1.82) is 0 Å². The molecule has 2 heterocycles. The molecule has 0 fully saturated rings. The van der Waals surface area contributed by atoms with Crippen LogP contribution in [0.5, 0.6) is 0 Å². The lowest BCUT2D eigenvalue weighted by Gasteiger charge is -2.33. The molecule has 0 radical (unpaired) electrons. The summed E-state index contributed by atoms with van der Waals surface area (Å²) in [7, 11) is 0. The monoisotopic (exact) mass is 757 g/mol. The molecule has 0 saturated heterocycles. The molecule has 6 rings (SSSR count). The van der Waals surface area contributed by atoms with E-state index in [1.807, 2.05) is 24.8 Å². The fourth-order valence-corrected chi connectivity index (χ4v) is 9.20. The second kappa shape index (κ2) is 21.8. The Balaban J connectivity index is 1.39. The molecule has 57 heavy (non-hydrogen) atoms. The second-order valence-corrected chi connectivity index (χ2v) is 16.9. The molecular formula is C55H68N2. The second-order valence-electron chi connectivity index (χ2n) is 16.9. The van der Waals surface area contributed by atoms with Crippen LogP contribution in [0.25, 0.3) is 46.6 Å². The van der Waals surface area contributed by atoms with Gasteiger partial charge in [0.05, 0.1) is 0 Å². The first kappa shape index (κ1) is 42.1. The van der Waals surface area contributed by atoms with Crippen LogP contribution in [-0.2, 0) is 5.41 Å². The average Bonchev–Trinajstić information content (AvgIpc) is 3.50. The van der Waals surface area contributed by atoms with E-state index in [2.05, 4.69) is 135 Å². The summed E-state index contributed by atoms with van der Waals surface area (Å²) >= 11 is 0. The molecule has 0 saturated carbocycles. The standard InChI is InChI=1S/C55H68N2/c1-5-7-9-11-13-15-17-19-33-55(34-20-18-16-14-12-10-8-6-2)53-39-43(3)21-27-50(53)51-28-26-49(42-54(51)55)52-41-47(24-22-45-29-35-56-36-30-45)44(4)40-48(52)25-23-46-31-37-57-38-32-46/h21-32,35-42H,5-20,33-34H2,1-4H3/b24-22+,25-23+. The zero-order valence-electron chi connectivity index (χ0n) is 35.7. The predicted molar refractivity (Wildman–Crippen MR) is 248 cm³/mol. The van der Waals surface area contributed by atoms with Crippen LogP contribution in [0.3, 0.4) is 0 Å². The summed E-state index contributed by atoms with van der Waals surface area (Å²) < 4.78 is 0. The first-order valence-corrected chi connectivity index (χ1v) is 22.6. The molecule has 0 spiro atoms. The van der Waals surface area contributed by atoms with Crippen molar-refractivity contribution >= 4 is 24.3 Å². The van der Waals surface area contributed by atoms with Gasteiger partial charge in [0.25, 0.3) is 0 Å². The van der Waals surface area contributed by atoms with Crippen molar-refractivity contribution in [3.63, 3.8) is 0 Å². The van der Waals surface area contributed by atoms with Crippen LogP contribution in [0.15, 0.2) is 97.6 Å². The van der Waals surface area contributed by atoms with Gasteiger partial charge in [0.2, 0.25) is 0 Å². The third-order valence-electron chi connectivity index (χ3n) is 12.5. The van der Waals surface area contributed by atoms with E-state index in [9.17, 15) is 0 Å². The van der Waals surface area contributed by atoms with Crippen molar-refractivity contribution in [2.45, 2.75) is 149 Å². The number of hydrogen-bond donors (Lipinski definition) is 0. The van der Waals surface area contributed by atoms with Crippen molar-refractivity contribution in [2.24, 2.45) is 0 Å². The zero-order chi connectivity index (χ0) is 39.7. The van der Waals surface area contributed by atoms with Crippen LogP contribution < -0.4 is 0 Å². The number of rotatable bonds is 23. The van der Waals surface area contributed by atoms with Crippen LogP contribution in [0, 0.1) is 13.8 Å². The Labute approximate surface area is 346 Å². The third kappa shape index (κ3) is 11.3. The normalized spacial score (nSPS) is 13.1. The number of hydrogen-bond acceptors (Lipinski definition) is 2. The average molecular weight is 757 g/mol. The highest BCUT2D eigenvalue weighted by atomic mass is 14.6. The number of aryl methyl sites for hydroxylation is 2. The van der Waals surface area contributed by atoms with Crippen LogP contribution >= 0.6 is 0 Å². The molecular weight excluding hydrogens is 689 g/mol. The fraction of sp³-hybridized carbons (Fsp3) is 0.418. The summed E-state index contributed by atoms with van der Waals surface area (Å²) in [6, 6.07) is 27.9. The molecule has 0 bridgehead atoms. The summed E-state index contributed by atoms with van der Waals surface area (Å²) in [5.41, 5.74) is 16.1. The number of nitrogens with zero attached hydrogens (tertiary/aromatic N) is 2. The first-order valence-electron chi connectivity index (χ1n) is 22.6. The van der Waals surface area contributed by atoms with Crippen LogP contribution in [0.2, 0.25) is 0 Å². The van der Waals surface area contributed by atoms with E-state index >= 15 is 0 Å². The quantitative estimate of drug-likeness (QED) is 0.0620. The number of aromatic nitrogens is 2. The van der Waals surface area contributed by atoms with Gasteiger partial charge < -0.3 is 0 Å². The highest BCUT2D eigenvalue weighted by Gasteiger charge is 2.42. The molecule has 298 valence electrons. The Morgan fingerprint density at radius 2 is 0.912 bits per heavy atom.